The predicted octanol–water partition coefficient (Wildman–Crippen LogP) is 4.33. The Balaban J connectivity index is 1.34. The number of aromatic nitrogens is 2. The number of hydrogen-bond donors (Lipinski definition) is 0. The van der Waals surface area contributed by atoms with Crippen molar-refractivity contribution in [2.75, 3.05) is 31.1 Å². The summed E-state index contributed by atoms with van der Waals surface area (Å²) < 4.78 is 1.07. The first-order valence-corrected chi connectivity index (χ1v) is 10.6. The van der Waals surface area contributed by atoms with Crippen molar-refractivity contribution in [3.63, 3.8) is 0 Å². The molecule has 1 aliphatic rings. The van der Waals surface area contributed by atoms with Gasteiger partial charge >= 0.3 is 0 Å². The second-order valence-corrected chi connectivity index (χ2v) is 8.43. The molecule has 1 aromatic carbocycles. The zero-order valence-electron chi connectivity index (χ0n) is 15.2. The van der Waals surface area contributed by atoms with E-state index in [0.29, 0.717) is 13.1 Å². The molecule has 0 aliphatic carbocycles. The summed E-state index contributed by atoms with van der Waals surface area (Å²) in [6, 6.07) is 14.2. The van der Waals surface area contributed by atoms with Gasteiger partial charge < -0.3 is 9.80 Å². The van der Waals surface area contributed by atoms with Crippen LogP contribution in [-0.2, 0) is 4.79 Å². The van der Waals surface area contributed by atoms with Crippen LogP contribution in [0.15, 0.2) is 65.4 Å². The van der Waals surface area contributed by atoms with Gasteiger partial charge in [0, 0.05) is 58.9 Å². The zero-order chi connectivity index (χ0) is 19.3. The molecule has 2 aromatic heterocycles. The molecule has 0 unspecified atom stereocenters. The Morgan fingerprint density at radius 2 is 1.71 bits per heavy atom. The first-order chi connectivity index (χ1) is 13.7. The summed E-state index contributed by atoms with van der Waals surface area (Å²) in [4.78, 5) is 27.3. The van der Waals surface area contributed by atoms with Crippen molar-refractivity contribution in [3.05, 3.63) is 70.3 Å². The number of benzene rings is 1. The summed E-state index contributed by atoms with van der Waals surface area (Å²) in [7, 11) is 0. The summed E-state index contributed by atoms with van der Waals surface area (Å²) in [5.74, 6) is 0.774. The molecule has 0 atom stereocenters. The Morgan fingerprint density at radius 3 is 2.43 bits per heavy atom. The van der Waals surface area contributed by atoms with Crippen molar-refractivity contribution in [1.82, 2.24) is 14.9 Å². The SMILES string of the molecule is O=C(/C=C/c1ccc(-c2ccc(Br)cc2)s1)N1CCN(c2ncccn2)CC1. The highest BCUT2D eigenvalue weighted by atomic mass is 79.9. The maximum absolute atomic E-state index is 12.5. The number of carbonyl (C=O) groups excluding carboxylic acids is 1. The van der Waals surface area contributed by atoms with Crippen LogP contribution in [0.1, 0.15) is 4.88 Å². The second kappa shape index (κ2) is 8.67. The maximum atomic E-state index is 12.5. The molecule has 0 N–H and O–H groups in total. The van der Waals surface area contributed by atoms with Gasteiger partial charge in [0.25, 0.3) is 0 Å². The summed E-state index contributed by atoms with van der Waals surface area (Å²) in [5, 5.41) is 0. The molecular weight excluding hydrogens is 436 g/mol. The normalized spacial score (nSPS) is 14.6. The van der Waals surface area contributed by atoms with Crippen molar-refractivity contribution >= 4 is 45.2 Å². The van der Waals surface area contributed by atoms with Crippen LogP contribution in [-0.4, -0.2) is 47.0 Å². The molecule has 1 fully saturated rings. The van der Waals surface area contributed by atoms with Gasteiger partial charge in [-0.05, 0) is 42.0 Å². The number of halogens is 1. The molecule has 7 heteroatoms. The van der Waals surface area contributed by atoms with E-state index in [4.69, 9.17) is 0 Å². The largest absolute Gasteiger partial charge is 0.337 e. The summed E-state index contributed by atoms with van der Waals surface area (Å²) >= 11 is 5.14. The van der Waals surface area contributed by atoms with Gasteiger partial charge in [-0.2, -0.15) is 0 Å². The van der Waals surface area contributed by atoms with Crippen LogP contribution in [0, 0.1) is 0 Å². The van der Waals surface area contributed by atoms with Crippen molar-refractivity contribution in [2.45, 2.75) is 0 Å². The number of thiophene rings is 1. The third-order valence-electron chi connectivity index (χ3n) is 4.57. The Hall–Kier alpha value is -2.51. The second-order valence-electron chi connectivity index (χ2n) is 6.40. The van der Waals surface area contributed by atoms with Crippen LogP contribution in [0.25, 0.3) is 16.5 Å². The number of piperazine rings is 1. The van der Waals surface area contributed by atoms with E-state index in [2.05, 4.69) is 55.1 Å². The Labute approximate surface area is 176 Å². The predicted molar refractivity (Wildman–Crippen MR) is 117 cm³/mol. The van der Waals surface area contributed by atoms with E-state index in [9.17, 15) is 4.79 Å². The minimum absolute atomic E-state index is 0.0484. The van der Waals surface area contributed by atoms with Gasteiger partial charge in [-0.3, -0.25) is 4.79 Å². The van der Waals surface area contributed by atoms with Crippen LogP contribution in [0.5, 0.6) is 0 Å². The first-order valence-electron chi connectivity index (χ1n) is 9.04. The highest BCUT2D eigenvalue weighted by Crippen LogP contribution is 2.29. The van der Waals surface area contributed by atoms with Crippen LogP contribution in [0.4, 0.5) is 5.95 Å². The Kier molecular flexibility index (Phi) is 5.83. The Bertz CT molecular complexity index is 964. The van der Waals surface area contributed by atoms with E-state index >= 15 is 0 Å². The molecular formula is C21H19BrN4OS. The lowest BCUT2D eigenvalue weighted by molar-refractivity contribution is -0.126. The van der Waals surface area contributed by atoms with Gasteiger partial charge in [-0.15, -0.1) is 11.3 Å². The third kappa shape index (κ3) is 4.48. The van der Waals surface area contributed by atoms with Crippen molar-refractivity contribution in [2.24, 2.45) is 0 Å². The quantitative estimate of drug-likeness (QED) is 0.550. The molecule has 5 nitrogen and oxygen atoms in total. The van der Waals surface area contributed by atoms with Crippen LogP contribution >= 0.6 is 27.3 Å². The molecule has 0 saturated carbocycles. The van der Waals surface area contributed by atoms with Gasteiger partial charge in [0.2, 0.25) is 11.9 Å². The molecule has 1 saturated heterocycles. The topological polar surface area (TPSA) is 49.3 Å². The van der Waals surface area contributed by atoms with E-state index in [1.165, 1.54) is 10.4 Å². The van der Waals surface area contributed by atoms with E-state index in [1.807, 2.05) is 23.1 Å². The van der Waals surface area contributed by atoms with E-state index < -0.39 is 0 Å². The summed E-state index contributed by atoms with van der Waals surface area (Å²) in [5.41, 5.74) is 1.18. The molecule has 0 bridgehead atoms. The number of nitrogens with zero attached hydrogens (tertiary/aromatic N) is 4. The number of hydrogen-bond acceptors (Lipinski definition) is 5. The van der Waals surface area contributed by atoms with Gasteiger partial charge in [0.05, 0.1) is 0 Å². The zero-order valence-corrected chi connectivity index (χ0v) is 17.6. The van der Waals surface area contributed by atoms with E-state index in [1.54, 1.807) is 35.9 Å². The third-order valence-corrected chi connectivity index (χ3v) is 6.20. The number of rotatable bonds is 4. The van der Waals surface area contributed by atoms with Crippen LogP contribution in [0.2, 0.25) is 0 Å². The fourth-order valence-electron chi connectivity index (χ4n) is 3.05. The van der Waals surface area contributed by atoms with E-state index in [0.717, 1.165) is 28.4 Å². The molecule has 0 spiro atoms. The van der Waals surface area contributed by atoms with Gasteiger partial charge in [0.15, 0.2) is 0 Å². The Morgan fingerprint density at radius 1 is 1.00 bits per heavy atom. The average Bonchev–Trinajstić information content (AvgIpc) is 3.22. The van der Waals surface area contributed by atoms with Crippen molar-refractivity contribution < 1.29 is 4.79 Å². The minimum Gasteiger partial charge on any atom is -0.337 e. The van der Waals surface area contributed by atoms with Crippen LogP contribution in [0.3, 0.4) is 0 Å². The fraction of sp³-hybridized carbons (Fsp3) is 0.190. The molecule has 28 heavy (non-hydrogen) atoms. The van der Waals surface area contributed by atoms with Crippen molar-refractivity contribution in [1.29, 1.82) is 0 Å². The number of carbonyl (C=O) groups is 1. The lowest BCUT2D eigenvalue weighted by Crippen LogP contribution is -2.48. The molecule has 3 heterocycles. The monoisotopic (exact) mass is 454 g/mol. The van der Waals surface area contributed by atoms with Gasteiger partial charge in [0.1, 0.15) is 0 Å². The minimum atomic E-state index is 0.0484. The highest BCUT2D eigenvalue weighted by Gasteiger charge is 2.21. The molecule has 0 radical (unpaired) electrons. The standard InChI is InChI=1S/C21H19BrN4OS/c22-17-4-2-16(3-5-17)19-8-6-18(28-19)7-9-20(27)25-12-14-26(15-13-25)21-23-10-1-11-24-21/h1-11H,12-15H2/b9-7+. The molecule has 3 aromatic rings. The first kappa shape index (κ1) is 18.8. The molecule has 4 rings (SSSR count). The van der Waals surface area contributed by atoms with Gasteiger partial charge in [-0.1, -0.05) is 28.1 Å². The molecule has 142 valence electrons. The highest BCUT2D eigenvalue weighted by molar-refractivity contribution is 9.10. The van der Waals surface area contributed by atoms with E-state index in [-0.39, 0.29) is 5.91 Å². The van der Waals surface area contributed by atoms with Crippen LogP contribution < -0.4 is 4.90 Å². The molecule has 1 amide bonds. The lowest BCUT2D eigenvalue weighted by Gasteiger charge is -2.34. The lowest BCUT2D eigenvalue weighted by atomic mass is 10.2. The smallest absolute Gasteiger partial charge is 0.246 e. The average molecular weight is 455 g/mol. The summed E-state index contributed by atoms with van der Waals surface area (Å²) in [6.45, 7) is 2.85. The maximum Gasteiger partial charge on any atom is 0.246 e. The fourth-order valence-corrected chi connectivity index (χ4v) is 4.23. The van der Waals surface area contributed by atoms with Crippen molar-refractivity contribution in [3.8, 4) is 10.4 Å². The summed E-state index contributed by atoms with van der Waals surface area (Å²) in [6.07, 6.45) is 7.06. The number of anilines is 1. The molecule has 1 aliphatic heterocycles. The number of amides is 1. The van der Waals surface area contributed by atoms with Gasteiger partial charge in [-0.25, -0.2) is 9.97 Å².